The van der Waals surface area contributed by atoms with Gasteiger partial charge in [-0.2, -0.15) is 0 Å². The van der Waals surface area contributed by atoms with Crippen LogP contribution in [0.3, 0.4) is 0 Å². The zero-order valence-corrected chi connectivity index (χ0v) is 12.6. The fourth-order valence-corrected chi connectivity index (χ4v) is 3.10. The minimum atomic E-state index is 0.540. The van der Waals surface area contributed by atoms with Crippen molar-refractivity contribution in [3.8, 4) is 0 Å². The summed E-state index contributed by atoms with van der Waals surface area (Å²) in [5, 5.41) is 0. The molecule has 2 atom stereocenters. The molecule has 2 aliphatic rings. The highest BCUT2D eigenvalue weighted by Gasteiger charge is 2.26. The van der Waals surface area contributed by atoms with Gasteiger partial charge in [0.15, 0.2) is 0 Å². The van der Waals surface area contributed by atoms with Gasteiger partial charge in [0.1, 0.15) is 0 Å². The highest BCUT2D eigenvalue weighted by atomic mass is 15.2. The summed E-state index contributed by atoms with van der Waals surface area (Å²) < 4.78 is 0. The van der Waals surface area contributed by atoms with Crippen LogP contribution in [0.25, 0.3) is 0 Å². The van der Waals surface area contributed by atoms with Gasteiger partial charge in [-0.1, -0.05) is 57.6 Å². The fraction of sp³-hybridized carbons (Fsp3) is 0.556. The van der Waals surface area contributed by atoms with E-state index in [1.807, 2.05) is 0 Å². The zero-order chi connectivity index (χ0) is 13.7. The first-order valence-electron chi connectivity index (χ1n) is 7.82. The molecule has 1 heterocycles. The van der Waals surface area contributed by atoms with E-state index in [0.29, 0.717) is 12.1 Å². The highest BCUT2D eigenvalue weighted by Crippen LogP contribution is 2.31. The summed E-state index contributed by atoms with van der Waals surface area (Å²) in [5.74, 6) is 0. The van der Waals surface area contributed by atoms with Crippen molar-refractivity contribution in [3.63, 3.8) is 0 Å². The largest absolute Gasteiger partial charge is 0.364 e. The van der Waals surface area contributed by atoms with E-state index in [9.17, 15) is 0 Å². The summed E-state index contributed by atoms with van der Waals surface area (Å²) in [7, 11) is 0. The number of nitrogens with zero attached hydrogens (tertiary/aromatic N) is 1. The fourth-order valence-electron chi connectivity index (χ4n) is 3.10. The predicted octanol–water partition coefficient (Wildman–Crippen LogP) is 4.99. The molecular weight excluding hydrogens is 230 g/mol. The van der Waals surface area contributed by atoms with Crippen LogP contribution in [0.1, 0.15) is 52.9 Å². The van der Waals surface area contributed by atoms with Gasteiger partial charge in [-0.25, -0.2) is 0 Å². The Labute approximate surface area is 118 Å². The Morgan fingerprint density at radius 1 is 1.16 bits per heavy atom. The van der Waals surface area contributed by atoms with Crippen LogP contribution in [0.15, 0.2) is 47.7 Å². The molecule has 1 aliphatic heterocycles. The van der Waals surface area contributed by atoms with Gasteiger partial charge in [-0.05, 0) is 36.8 Å². The lowest BCUT2D eigenvalue weighted by molar-refractivity contribution is 0.239. The predicted molar refractivity (Wildman–Crippen MR) is 84.0 cm³/mol. The molecule has 0 spiro atoms. The molecule has 0 aromatic carbocycles. The maximum absolute atomic E-state index is 2.61. The molecule has 1 aliphatic carbocycles. The molecule has 0 saturated carbocycles. The van der Waals surface area contributed by atoms with Gasteiger partial charge < -0.3 is 4.90 Å². The molecule has 0 aromatic rings. The van der Waals surface area contributed by atoms with Crippen molar-refractivity contribution in [1.29, 1.82) is 0 Å². The molecule has 0 bridgehead atoms. The lowest BCUT2D eigenvalue weighted by atomic mass is 9.90. The van der Waals surface area contributed by atoms with Gasteiger partial charge in [0.05, 0.1) is 12.1 Å². The monoisotopic (exact) mass is 257 g/mol. The second-order valence-corrected chi connectivity index (χ2v) is 5.50. The molecule has 19 heavy (non-hydrogen) atoms. The normalized spacial score (nSPS) is 26.4. The van der Waals surface area contributed by atoms with E-state index < -0.39 is 0 Å². The van der Waals surface area contributed by atoms with Crippen LogP contribution in [-0.2, 0) is 0 Å². The number of allylic oxidation sites excluding steroid dienone is 4. The first-order valence-corrected chi connectivity index (χ1v) is 7.82. The van der Waals surface area contributed by atoms with Crippen LogP contribution in [0.4, 0.5) is 0 Å². The molecule has 0 fully saturated rings. The van der Waals surface area contributed by atoms with E-state index in [-0.39, 0.29) is 0 Å². The second-order valence-electron chi connectivity index (χ2n) is 5.50. The number of hydrogen-bond acceptors (Lipinski definition) is 1. The Balaban J connectivity index is 2.26. The molecular formula is C18H27N. The van der Waals surface area contributed by atoms with E-state index >= 15 is 0 Å². The number of rotatable bonds is 5. The van der Waals surface area contributed by atoms with Gasteiger partial charge in [0, 0.05) is 6.20 Å². The van der Waals surface area contributed by atoms with Gasteiger partial charge in [0.2, 0.25) is 0 Å². The van der Waals surface area contributed by atoms with E-state index in [1.54, 1.807) is 5.57 Å². The Bertz CT molecular complexity index is 411. The summed E-state index contributed by atoms with van der Waals surface area (Å²) in [5.41, 5.74) is 3.09. The lowest BCUT2D eigenvalue weighted by Gasteiger charge is -2.41. The van der Waals surface area contributed by atoms with E-state index in [0.717, 1.165) is 12.8 Å². The smallest absolute Gasteiger partial charge is 0.0511 e. The summed E-state index contributed by atoms with van der Waals surface area (Å²) >= 11 is 0. The van der Waals surface area contributed by atoms with Crippen molar-refractivity contribution < 1.29 is 0 Å². The molecule has 2 rings (SSSR count). The zero-order valence-electron chi connectivity index (χ0n) is 12.6. The van der Waals surface area contributed by atoms with Crippen molar-refractivity contribution in [1.82, 2.24) is 4.90 Å². The maximum Gasteiger partial charge on any atom is 0.0511 e. The quantitative estimate of drug-likeness (QED) is 0.671. The lowest BCUT2D eigenvalue weighted by Crippen LogP contribution is -2.41. The molecule has 0 amide bonds. The van der Waals surface area contributed by atoms with E-state index in [4.69, 9.17) is 0 Å². The van der Waals surface area contributed by atoms with Crippen LogP contribution in [-0.4, -0.2) is 17.0 Å². The summed E-state index contributed by atoms with van der Waals surface area (Å²) in [4.78, 5) is 2.61. The topological polar surface area (TPSA) is 3.24 Å². The standard InChI is InChI=1S/C18H27N/c1-4-10-18-16(6-3)13-15(5-2)14-19(18)17-11-8-7-9-12-17/h7-9,11,13-14,17-18H,4-6,10,12H2,1-3H3/t17-,18-/m1/s1. The van der Waals surface area contributed by atoms with Gasteiger partial charge >= 0.3 is 0 Å². The minimum absolute atomic E-state index is 0.540. The molecule has 0 radical (unpaired) electrons. The first-order chi connectivity index (χ1) is 9.30. The first kappa shape index (κ1) is 14.2. The van der Waals surface area contributed by atoms with Crippen LogP contribution in [0.2, 0.25) is 0 Å². The van der Waals surface area contributed by atoms with E-state index in [2.05, 4.69) is 62.3 Å². The molecule has 0 saturated heterocycles. The van der Waals surface area contributed by atoms with Crippen molar-refractivity contribution in [2.75, 3.05) is 0 Å². The molecule has 1 heteroatoms. The minimum Gasteiger partial charge on any atom is -0.364 e. The summed E-state index contributed by atoms with van der Waals surface area (Å²) in [6.07, 6.45) is 19.8. The molecule has 1 nitrogen and oxygen atoms in total. The second kappa shape index (κ2) is 6.79. The average Bonchev–Trinajstić information content (AvgIpc) is 2.48. The average molecular weight is 257 g/mol. The molecule has 0 unspecified atom stereocenters. The van der Waals surface area contributed by atoms with Crippen molar-refractivity contribution in [3.05, 3.63) is 47.7 Å². The third-order valence-electron chi connectivity index (χ3n) is 4.19. The molecule has 0 aromatic heterocycles. The highest BCUT2D eigenvalue weighted by molar-refractivity contribution is 5.33. The third-order valence-corrected chi connectivity index (χ3v) is 4.19. The van der Waals surface area contributed by atoms with Crippen LogP contribution in [0.5, 0.6) is 0 Å². The van der Waals surface area contributed by atoms with Crippen molar-refractivity contribution >= 4 is 0 Å². The van der Waals surface area contributed by atoms with E-state index in [1.165, 1.54) is 24.8 Å². The summed E-state index contributed by atoms with van der Waals surface area (Å²) in [6, 6.07) is 1.14. The van der Waals surface area contributed by atoms with Crippen LogP contribution in [0, 0.1) is 0 Å². The molecule has 0 N–H and O–H groups in total. The molecule has 104 valence electrons. The summed E-state index contributed by atoms with van der Waals surface area (Å²) in [6.45, 7) is 6.84. The van der Waals surface area contributed by atoms with Crippen molar-refractivity contribution in [2.24, 2.45) is 0 Å². The van der Waals surface area contributed by atoms with Crippen LogP contribution < -0.4 is 0 Å². The van der Waals surface area contributed by atoms with Crippen molar-refractivity contribution in [2.45, 2.75) is 65.0 Å². The SMILES string of the molecule is CCC[C@@H]1C(CC)=CC(CC)=CN1[C@@H]1C=CC=CC1. The van der Waals surface area contributed by atoms with Gasteiger partial charge in [-0.3, -0.25) is 0 Å². The Morgan fingerprint density at radius 2 is 2.00 bits per heavy atom. The number of hydrogen-bond donors (Lipinski definition) is 0. The maximum atomic E-state index is 2.61. The Hall–Kier alpha value is -1.24. The Kier molecular flexibility index (Phi) is 5.07. The van der Waals surface area contributed by atoms with Crippen LogP contribution >= 0.6 is 0 Å². The van der Waals surface area contributed by atoms with Gasteiger partial charge in [-0.15, -0.1) is 0 Å². The Morgan fingerprint density at radius 3 is 2.58 bits per heavy atom. The third kappa shape index (κ3) is 3.20. The van der Waals surface area contributed by atoms with Gasteiger partial charge in [0.25, 0.3) is 0 Å².